The van der Waals surface area contributed by atoms with Crippen LogP contribution in [0.1, 0.15) is 15.2 Å². The van der Waals surface area contributed by atoms with Crippen molar-refractivity contribution >= 4 is 17.2 Å². The Morgan fingerprint density at radius 1 is 1.77 bits per heavy atom. The van der Waals surface area contributed by atoms with Crippen LogP contribution in [0, 0.1) is 19.3 Å². The van der Waals surface area contributed by atoms with E-state index in [2.05, 4.69) is 5.92 Å². The molecule has 0 saturated heterocycles. The minimum Gasteiger partial charge on any atom is -0.330 e. The summed E-state index contributed by atoms with van der Waals surface area (Å²) in [5.41, 5.74) is 1.11. The SMILES string of the molecule is C#CCN(C)C(=O)c1cc(C)cs1. The lowest BCUT2D eigenvalue weighted by atomic mass is 10.3. The maximum Gasteiger partial charge on any atom is 0.264 e. The van der Waals surface area contributed by atoms with Crippen LogP contribution in [-0.4, -0.2) is 24.4 Å². The number of thiophene rings is 1. The lowest BCUT2D eigenvalue weighted by Crippen LogP contribution is -2.26. The minimum atomic E-state index is -0.00366. The number of carbonyl (C=O) groups is 1. The van der Waals surface area contributed by atoms with Crippen molar-refractivity contribution in [3.63, 3.8) is 0 Å². The van der Waals surface area contributed by atoms with Gasteiger partial charge in [-0.2, -0.15) is 0 Å². The molecule has 0 fully saturated rings. The summed E-state index contributed by atoms with van der Waals surface area (Å²) in [7, 11) is 1.71. The van der Waals surface area contributed by atoms with Gasteiger partial charge < -0.3 is 4.90 Å². The quantitative estimate of drug-likeness (QED) is 0.655. The van der Waals surface area contributed by atoms with Gasteiger partial charge in [-0.25, -0.2) is 0 Å². The Kier molecular flexibility index (Phi) is 3.10. The zero-order valence-electron chi connectivity index (χ0n) is 7.70. The number of nitrogens with zero attached hydrogens (tertiary/aromatic N) is 1. The van der Waals surface area contributed by atoms with Crippen molar-refractivity contribution in [3.05, 3.63) is 21.9 Å². The summed E-state index contributed by atoms with van der Waals surface area (Å²) in [6.45, 7) is 2.32. The van der Waals surface area contributed by atoms with Gasteiger partial charge in [-0.1, -0.05) is 5.92 Å². The summed E-state index contributed by atoms with van der Waals surface area (Å²) in [6, 6.07) is 1.88. The van der Waals surface area contributed by atoms with Crippen LogP contribution in [0.4, 0.5) is 0 Å². The third kappa shape index (κ3) is 2.33. The van der Waals surface area contributed by atoms with Gasteiger partial charge >= 0.3 is 0 Å². The third-order valence-corrected chi connectivity index (χ3v) is 2.65. The Morgan fingerprint density at radius 3 is 2.92 bits per heavy atom. The molecule has 0 unspecified atom stereocenters. The van der Waals surface area contributed by atoms with Gasteiger partial charge in [-0.3, -0.25) is 4.79 Å². The van der Waals surface area contributed by atoms with Crippen molar-refractivity contribution in [3.8, 4) is 12.3 Å². The fourth-order valence-electron chi connectivity index (χ4n) is 0.940. The molecule has 0 saturated carbocycles. The number of hydrogen-bond acceptors (Lipinski definition) is 2. The molecule has 2 nitrogen and oxygen atoms in total. The average molecular weight is 193 g/mol. The first-order chi connectivity index (χ1) is 6.15. The largest absolute Gasteiger partial charge is 0.330 e. The summed E-state index contributed by atoms with van der Waals surface area (Å²) in [6.07, 6.45) is 5.11. The Balaban J connectivity index is 2.74. The second-order valence-electron chi connectivity index (χ2n) is 2.85. The molecule has 1 heterocycles. The number of rotatable bonds is 2. The molecule has 0 aromatic carbocycles. The van der Waals surface area contributed by atoms with E-state index in [1.165, 1.54) is 16.2 Å². The molecule has 0 atom stereocenters. The van der Waals surface area contributed by atoms with Gasteiger partial charge in [0.05, 0.1) is 11.4 Å². The third-order valence-electron chi connectivity index (χ3n) is 1.62. The molecular formula is C10H11NOS. The lowest BCUT2D eigenvalue weighted by Gasteiger charge is -2.11. The predicted octanol–water partition coefficient (Wildman–Crippen LogP) is 1.76. The highest BCUT2D eigenvalue weighted by Gasteiger charge is 2.11. The van der Waals surface area contributed by atoms with Crippen LogP contribution < -0.4 is 0 Å². The Labute approximate surface area is 82.2 Å². The summed E-state index contributed by atoms with van der Waals surface area (Å²) >= 11 is 1.45. The number of amides is 1. The topological polar surface area (TPSA) is 20.3 Å². The van der Waals surface area contributed by atoms with E-state index in [0.717, 1.165) is 10.4 Å². The normalized spacial score (nSPS) is 9.31. The van der Waals surface area contributed by atoms with Gasteiger partial charge in [-0.15, -0.1) is 17.8 Å². The molecule has 3 heteroatoms. The Hall–Kier alpha value is -1.27. The predicted molar refractivity (Wildman–Crippen MR) is 54.8 cm³/mol. The molecule has 1 aromatic rings. The first kappa shape index (κ1) is 9.82. The summed E-state index contributed by atoms with van der Waals surface area (Å²) < 4.78 is 0. The Morgan fingerprint density at radius 2 is 2.46 bits per heavy atom. The zero-order valence-corrected chi connectivity index (χ0v) is 8.52. The molecule has 68 valence electrons. The van der Waals surface area contributed by atoms with Crippen LogP contribution in [0.25, 0.3) is 0 Å². The number of carbonyl (C=O) groups excluding carboxylic acids is 1. The summed E-state index contributed by atoms with van der Waals surface area (Å²) in [5.74, 6) is 2.43. The van der Waals surface area contributed by atoms with Crippen molar-refractivity contribution in [2.45, 2.75) is 6.92 Å². The maximum absolute atomic E-state index is 11.6. The standard InChI is InChI=1S/C10H11NOS/c1-4-5-11(3)10(12)9-6-8(2)7-13-9/h1,6-7H,5H2,2-3H3. The second kappa shape index (κ2) is 4.11. The molecule has 1 aromatic heterocycles. The van der Waals surface area contributed by atoms with Crippen LogP contribution >= 0.6 is 11.3 Å². The molecular weight excluding hydrogens is 182 g/mol. The van der Waals surface area contributed by atoms with Gasteiger partial charge in [0.2, 0.25) is 0 Å². The van der Waals surface area contributed by atoms with Gasteiger partial charge in [0.15, 0.2) is 0 Å². The molecule has 0 N–H and O–H groups in total. The van der Waals surface area contributed by atoms with E-state index in [4.69, 9.17) is 6.42 Å². The van der Waals surface area contributed by atoms with E-state index >= 15 is 0 Å². The lowest BCUT2D eigenvalue weighted by molar-refractivity contribution is 0.0817. The molecule has 0 aliphatic heterocycles. The van der Waals surface area contributed by atoms with E-state index < -0.39 is 0 Å². The van der Waals surface area contributed by atoms with Crippen molar-refractivity contribution in [2.24, 2.45) is 0 Å². The molecule has 0 bridgehead atoms. The number of aryl methyl sites for hydroxylation is 1. The van der Waals surface area contributed by atoms with Crippen LogP contribution in [-0.2, 0) is 0 Å². The molecule has 0 radical (unpaired) electrons. The zero-order chi connectivity index (χ0) is 9.84. The maximum atomic E-state index is 11.6. The van der Waals surface area contributed by atoms with Crippen molar-refractivity contribution in [2.75, 3.05) is 13.6 Å². The fraction of sp³-hybridized carbons (Fsp3) is 0.300. The first-order valence-corrected chi connectivity index (χ1v) is 4.77. The van der Waals surface area contributed by atoms with Crippen molar-refractivity contribution < 1.29 is 4.79 Å². The highest BCUT2D eigenvalue weighted by Crippen LogP contribution is 2.15. The van der Waals surface area contributed by atoms with E-state index in [9.17, 15) is 4.79 Å². The summed E-state index contributed by atoms with van der Waals surface area (Å²) in [5, 5.41) is 1.96. The smallest absolute Gasteiger partial charge is 0.264 e. The van der Waals surface area contributed by atoms with Crippen LogP contribution in [0.5, 0.6) is 0 Å². The highest BCUT2D eigenvalue weighted by molar-refractivity contribution is 7.12. The number of terminal acetylenes is 1. The van der Waals surface area contributed by atoms with Crippen LogP contribution in [0.2, 0.25) is 0 Å². The van der Waals surface area contributed by atoms with Crippen LogP contribution in [0.15, 0.2) is 11.4 Å². The molecule has 13 heavy (non-hydrogen) atoms. The molecule has 0 aliphatic carbocycles. The van der Waals surface area contributed by atoms with E-state index in [0.29, 0.717) is 6.54 Å². The molecule has 0 aliphatic rings. The van der Waals surface area contributed by atoms with Gasteiger partial charge in [0.1, 0.15) is 0 Å². The summed E-state index contributed by atoms with van der Waals surface area (Å²) in [4.78, 5) is 13.9. The van der Waals surface area contributed by atoms with Crippen molar-refractivity contribution in [1.29, 1.82) is 0 Å². The van der Waals surface area contributed by atoms with E-state index in [1.807, 2.05) is 18.4 Å². The van der Waals surface area contributed by atoms with Gasteiger partial charge in [0.25, 0.3) is 5.91 Å². The molecule has 0 spiro atoms. The average Bonchev–Trinajstić information content (AvgIpc) is 2.51. The van der Waals surface area contributed by atoms with Gasteiger partial charge in [0, 0.05) is 7.05 Å². The van der Waals surface area contributed by atoms with E-state index in [1.54, 1.807) is 7.05 Å². The van der Waals surface area contributed by atoms with E-state index in [-0.39, 0.29) is 5.91 Å². The van der Waals surface area contributed by atoms with Crippen LogP contribution in [0.3, 0.4) is 0 Å². The molecule has 1 amide bonds. The minimum absolute atomic E-state index is 0.00366. The monoisotopic (exact) mass is 193 g/mol. The molecule has 1 rings (SSSR count). The first-order valence-electron chi connectivity index (χ1n) is 3.89. The highest BCUT2D eigenvalue weighted by atomic mass is 32.1. The Bertz CT molecular complexity index is 348. The van der Waals surface area contributed by atoms with Crippen molar-refractivity contribution in [1.82, 2.24) is 4.90 Å². The second-order valence-corrected chi connectivity index (χ2v) is 3.76. The fourth-order valence-corrected chi connectivity index (χ4v) is 1.83. The number of hydrogen-bond donors (Lipinski definition) is 0. The van der Waals surface area contributed by atoms with Gasteiger partial charge in [-0.05, 0) is 23.9 Å².